The highest BCUT2D eigenvalue weighted by Crippen LogP contribution is 2.43. The van der Waals surface area contributed by atoms with E-state index in [1.165, 1.54) is 29.3 Å². The summed E-state index contributed by atoms with van der Waals surface area (Å²) in [5.41, 5.74) is 1.51. The Morgan fingerprint density at radius 3 is 2.53 bits per heavy atom. The Kier molecular flexibility index (Phi) is 3.81. The summed E-state index contributed by atoms with van der Waals surface area (Å²) >= 11 is 3.47. The van der Waals surface area contributed by atoms with E-state index in [-0.39, 0.29) is 0 Å². The molecule has 0 spiro atoms. The van der Waals surface area contributed by atoms with Gasteiger partial charge < -0.3 is 5.32 Å². The van der Waals surface area contributed by atoms with Crippen LogP contribution in [-0.2, 0) is 0 Å². The van der Waals surface area contributed by atoms with E-state index >= 15 is 0 Å². The number of hydrogen-bond donors (Lipinski definition) is 1. The number of nitrogens with one attached hydrogen (secondary N) is 1. The Balaban J connectivity index is 1.81. The molecule has 0 unspecified atom stereocenters. The quantitative estimate of drug-likeness (QED) is 0.880. The van der Waals surface area contributed by atoms with Gasteiger partial charge in [-0.3, -0.25) is 0 Å². The van der Waals surface area contributed by atoms with Crippen LogP contribution in [0.4, 0.5) is 0 Å². The van der Waals surface area contributed by atoms with Crippen LogP contribution in [0, 0.1) is 5.92 Å². The first kappa shape index (κ1) is 11.2. The van der Waals surface area contributed by atoms with Crippen molar-refractivity contribution in [3.63, 3.8) is 0 Å². The lowest BCUT2D eigenvalue weighted by molar-refractivity contribution is 0.247. The van der Waals surface area contributed by atoms with Gasteiger partial charge in [-0.2, -0.15) is 0 Å². The predicted molar refractivity (Wildman–Crippen MR) is 68.2 cm³/mol. The third-order valence-electron chi connectivity index (χ3n) is 3.38. The van der Waals surface area contributed by atoms with Crippen molar-refractivity contribution >= 4 is 15.9 Å². The standard InChI is InChI=1S/C13H18BrN/c1-15-7-6-10-8-12(9-10)11-2-4-13(14)5-3-11/h2-5,10,12,15H,6-9H2,1H3. The van der Waals surface area contributed by atoms with Crippen molar-refractivity contribution in [2.45, 2.75) is 25.2 Å². The highest BCUT2D eigenvalue weighted by molar-refractivity contribution is 9.10. The van der Waals surface area contributed by atoms with Gasteiger partial charge in [0, 0.05) is 4.47 Å². The van der Waals surface area contributed by atoms with Crippen LogP contribution >= 0.6 is 15.9 Å². The van der Waals surface area contributed by atoms with Crippen molar-refractivity contribution in [2.75, 3.05) is 13.6 Å². The lowest BCUT2D eigenvalue weighted by Gasteiger charge is -2.35. The molecule has 0 radical (unpaired) electrons. The Hall–Kier alpha value is -0.340. The van der Waals surface area contributed by atoms with E-state index in [1.807, 2.05) is 7.05 Å². The monoisotopic (exact) mass is 267 g/mol. The summed E-state index contributed by atoms with van der Waals surface area (Å²) in [6.45, 7) is 1.16. The molecule has 0 amide bonds. The maximum absolute atomic E-state index is 3.47. The fourth-order valence-corrected chi connectivity index (χ4v) is 2.59. The average Bonchev–Trinajstić information content (AvgIpc) is 2.18. The first-order valence-electron chi connectivity index (χ1n) is 5.69. The van der Waals surface area contributed by atoms with Crippen molar-refractivity contribution in [1.82, 2.24) is 5.32 Å². The number of hydrogen-bond acceptors (Lipinski definition) is 1. The van der Waals surface area contributed by atoms with E-state index in [1.54, 1.807) is 0 Å². The summed E-state index contributed by atoms with van der Waals surface area (Å²) in [7, 11) is 2.03. The van der Waals surface area contributed by atoms with E-state index in [9.17, 15) is 0 Å². The van der Waals surface area contributed by atoms with Crippen LogP contribution in [0.1, 0.15) is 30.7 Å². The number of rotatable bonds is 4. The van der Waals surface area contributed by atoms with E-state index in [2.05, 4.69) is 45.5 Å². The van der Waals surface area contributed by atoms with Gasteiger partial charge in [0.15, 0.2) is 0 Å². The molecule has 1 nitrogen and oxygen atoms in total. The summed E-state index contributed by atoms with van der Waals surface area (Å²) in [5, 5.41) is 3.22. The molecule has 2 rings (SSSR count). The lowest BCUT2D eigenvalue weighted by Crippen LogP contribution is -2.25. The molecule has 1 N–H and O–H groups in total. The molecule has 1 aliphatic rings. The molecule has 1 saturated carbocycles. The molecule has 15 heavy (non-hydrogen) atoms. The van der Waals surface area contributed by atoms with Gasteiger partial charge in [0.1, 0.15) is 0 Å². The minimum absolute atomic E-state index is 0.819. The lowest BCUT2D eigenvalue weighted by atomic mass is 9.70. The van der Waals surface area contributed by atoms with E-state index in [0.29, 0.717) is 0 Å². The van der Waals surface area contributed by atoms with Crippen LogP contribution in [0.2, 0.25) is 0 Å². The van der Waals surface area contributed by atoms with Crippen LogP contribution < -0.4 is 5.32 Å². The van der Waals surface area contributed by atoms with Gasteiger partial charge in [-0.05, 0) is 62.4 Å². The molecule has 0 aromatic heterocycles. The van der Waals surface area contributed by atoms with Crippen LogP contribution in [0.3, 0.4) is 0 Å². The van der Waals surface area contributed by atoms with Gasteiger partial charge in [0.2, 0.25) is 0 Å². The SMILES string of the molecule is CNCCC1CC(c2ccc(Br)cc2)C1. The van der Waals surface area contributed by atoms with E-state index in [4.69, 9.17) is 0 Å². The van der Waals surface area contributed by atoms with E-state index < -0.39 is 0 Å². The molecule has 0 heterocycles. The normalized spacial score (nSPS) is 24.9. The summed E-state index contributed by atoms with van der Waals surface area (Å²) in [6.07, 6.45) is 4.09. The fraction of sp³-hybridized carbons (Fsp3) is 0.538. The fourth-order valence-electron chi connectivity index (χ4n) is 2.33. The summed E-state index contributed by atoms with van der Waals surface area (Å²) in [4.78, 5) is 0. The van der Waals surface area contributed by atoms with Crippen LogP contribution in [0.25, 0.3) is 0 Å². The van der Waals surface area contributed by atoms with Crippen molar-refractivity contribution in [3.8, 4) is 0 Å². The summed E-state index contributed by atoms with van der Waals surface area (Å²) in [5.74, 6) is 1.77. The zero-order valence-corrected chi connectivity index (χ0v) is 10.8. The summed E-state index contributed by atoms with van der Waals surface area (Å²) < 4.78 is 1.18. The largest absolute Gasteiger partial charge is 0.320 e. The maximum atomic E-state index is 3.47. The Labute approximate surface area is 100 Å². The van der Waals surface area contributed by atoms with Crippen LogP contribution in [0.5, 0.6) is 0 Å². The average molecular weight is 268 g/mol. The molecule has 0 atom stereocenters. The minimum Gasteiger partial charge on any atom is -0.320 e. The molecule has 0 aliphatic heterocycles. The zero-order chi connectivity index (χ0) is 10.7. The van der Waals surface area contributed by atoms with Crippen molar-refractivity contribution < 1.29 is 0 Å². The highest BCUT2D eigenvalue weighted by Gasteiger charge is 2.29. The first-order chi connectivity index (χ1) is 7.29. The molecule has 1 aromatic carbocycles. The first-order valence-corrected chi connectivity index (χ1v) is 6.49. The second-order valence-electron chi connectivity index (χ2n) is 4.48. The molecule has 82 valence electrons. The Morgan fingerprint density at radius 2 is 1.93 bits per heavy atom. The van der Waals surface area contributed by atoms with Gasteiger partial charge in [-0.1, -0.05) is 28.1 Å². The molecule has 1 aliphatic carbocycles. The third kappa shape index (κ3) is 2.82. The second-order valence-corrected chi connectivity index (χ2v) is 5.39. The topological polar surface area (TPSA) is 12.0 Å². The molecule has 1 aromatic rings. The van der Waals surface area contributed by atoms with Gasteiger partial charge in [0.25, 0.3) is 0 Å². The minimum atomic E-state index is 0.819. The molecule has 2 heteroatoms. The molecule has 1 fully saturated rings. The van der Waals surface area contributed by atoms with E-state index in [0.717, 1.165) is 18.4 Å². The van der Waals surface area contributed by atoms with Gasteiger partial charge in [0.05, 0.1) is 0 Å². The second kappa shape index (κ2) is 5.13. The predicted octanol–water partition coefficient (Wildman–Crippen LogP) is 3.55. The van der Waals surface area contributed by atoms with Crippen LogP contribution in [-0.4, -0.2) is 13.6 Å². The van der Waals surface area contributed by atoms with Gasteiger partial charge >= 0.3 is 0 Å². The molecular formula is C13H18BrN. The van der Waals surface area contributed by atoms with Crippen molar-refractivity contribution in [1.29, 1.82) is 0 Å². The smallest absolute Gasteiger partial charge is 0.0175 e. The number of benzene rings is 1. The molecular weight excluding hydrogens is 250 g/mol. The molecule has 0 bridgehead atoms. The van der Waals surface area contributed by atoms with Crippen molar-refractivity contribution in [2.24, 2.45) is 5.92 Å². The maximum Gasteiger partial charge on any atom is 0.0175 e. The Morgan fingerprint density at radius 1 is 1.27 bits per heavy atom. The Bertz CT molecular complexity index is 301. The zero-order valence-electron chi connectivity index (χ0n) is 9.17. The van der Waals surface area contributed by atoms with Gasteiger partial charge in [-0.15, -0.1) is 0 Å². The van der Waals surface area contributed by atoms with Gasteiger partial charge in [-0.25, -0.2) is 0 Å². The number of halogens is 1. The van der Waals surface area contributed by atoms with Crippen LogP contribution in [0.15, 0.2) is 28.7 Å². The highest BCUT2D eigenvalue weighted by atomic mass is 79.9. The third-order valence-corrected chi connectivity index (χ3v) is 3.91. The summed E-state index contributed by atoms with van der Waals surface area (Å²) in [6, 6.07) is 8.80. The molecule has 0 saturated heterocycles. The van der Waals surface area contributed by atoms with Crippen molar-refractivity contribution in [3.05, 3.63) is 34.3 Å².